The molecule has 132 valence electrons. The van der Waals surface area contributed by atoms with Crippen LogP contribution in [0.5, 0.6) is 0 Å². The average Bonchev–Trinajstić information content (AvgIpc) is 2.87. The van der Waals surface area contributed by atoms with Crippen LogP contribution in [0.1, 0.15) is 31.0 Å². The molecule has 0 aromatic carbocycles. The van der Waals surface area contributed by atoms with Crippen molar-refractivity contribution < 1.29 is 4.79 Å². The monoisotopic (exact) mass is 453 g/mol. The number of amides is 1. The molecular formula is C15H28IN5OS. The maximum atomic E-state index is 11.7. The number of carbonyl (C=O) groups excluding carboxylic acids is 1. The van der Waals surface area contributed by atoms with Crippen LogP contribution in [0.25, 0.3) is 0 Å². The van der Waals surface area contributed by atoms with Gasteiger partial charge in [0.15, 0.2) is 5.96 Å². The summed E-state index contributed by atoms with van der Waals surface area (Å²) in [5, 5.41) is 6.48. The number of aliphatic imine (C=N–C) groups is 1. The van der Waals surface area contributed by atoms with E-state index in [1.807, 2.05) is 18.9 Å². The molecule has 0 saturated carbocycles. The van der Waals surface area contributed by atoms with Gasteiger partial charge in [-0.3, -0.25) is 4.79 Å². The minimum absolute atomic E-state index is 0. The Balaban J connectivity index is 0.00000484. The number of aromatic nitrogens is 1. The molecule has 0 spiro atoms. The fraction of sp³-hybridized carbons (Fsp3) is 0.667. The first-order valence-electron chi connectivity index (χ1n) is 7.46. The van der Waals surface area contributed by atoms with Crippen molar-refractivity contribution in [2.45, 2.75) is 39.8 Å². The molecule has 1 aromatic heterocycles. The second kappa shape index (κ2) is 10.8. The molecule has 23 heavy (non-hydrogen) atoms. The molecule has 1 unspecified atom stereocenters. The molecule has 8 heteroatoms. The fourth-order valence-corrected chi connectivity index (χ4v) is 2.29. The highest BCUT2D eigenvalue weighted by atomic mass is 127. The van der Waals surface area contributed by atoms with E-state index >= 15 is 0 Å². The number of aryl methyl sites for hydroxylation is 1. The molecule has 0 bridgehead atoms. The summed E-state index contributed by atoms with van der Waals surface area (Å²) in [6, 6.07) is 0.299. The predicted molar refractivity (Wildman–Crippen MR) is 108 cm³/mol. The van der Waals surface area contributed by atoms with E-state index in [0.29, 0.717) is 12.6 Å². The second-order valence-corrected chi connectivity index (χ2v) is 6.66. The molecule has 0 aliphatic rings. The van der Waals surface area contributed by atoms with Crippen LogP contribution in [-0.2, 0) is 11.3 Å². The summed E-state index contributed by atoms with van der Waals surface area (Å²) in [6.45, 7) is 7.03. The van der Waals surface area contributed by atoms with Crippen LogP contribution in [0.4, 0.5) is 0 Å². The van der Waals surface area contributed by atoms with Crippen LogP contribution < -0.4 is 5.32 Å². The Morgan fingerprint density at radius 2 is 2.09 bits per heavy atom. The van der Waals surface area contributed by atoms with Gasteiger partial charge >= 0.3 is 0 Å². The van der Waals surface area contributed by atoms with Crippen molar-refractivity contribution in [3.05, 3.63) is 16.1 Å². The number of hydrogen-bond acceptors (Lipinski definition) is 4. The standard InChI is InChI=1S/C15H27N5OS.HI/c1-7-11(2)17-15(16-8-14(21)19(4)5)20(6)9-13-10-22-12(3)18-13;/h10-11H,7-9H2,1-6H3,(H,16,17);1H. The molecule has 1 atom stereocenters. The summed E-state index contributed by atoms with van der Waals surface area (Å²) in [7, 11) is 5.44. The van der Waals surface area contributed by atoms with Gasteiger partial charge in [-0.1, -0.05) is 6.92 Å². The van der Waals surface area contributed by atoms with Crippen molar-refractivity contribution in [3.8, 4) is 0 Å². The van der Waals surface area contributed by atoms with Gasteiger partial charge < -0.3 is 15.1 Å². The molecule has 0 aliphatic carbocycles. The number of nitrogens with one attached hydrogen (secondary N) is 1. The van der Waals surface area contributed by atoms with Crippen LogP contribution in [0.15, 0.2) is 10.4 Å². The minimum Gasteiger partial charge on any atom is -0.354 e. The average molecular weight is 453 g/mol. The maximum absolute atomic E-state index is 11.7. The number of carbonyl (C=O) groups is 1. The van der Waals surface area contributed by atoms with E-state index in [0.717, 1.165) is 23.1 Å². The van der Waals surface area contributed by atoms with Crippen LogP contribution in [0.2, 0.25) is 0 Å². The summed E-state index contributed by atoms with van der Waals surface area (Å²) < 4.78 is 0. The minimum atomic E-state index is -0.0126. The van der Waals surface area contributed by atoms with E-state index in [1.165, 1.54) is 0 Å². The van der Waals surface area contributed by atoms with E-state index in [-0.39, 0.29) is 36.4 Å². The van der Waals surface area contributed by atoms with Crippen molar-refractivity contribution in [2.24, 2.45) is 4.99 Å². The van der Waals surface area contributed by atoms with Gasteiger partial charge in [-0.25, -0.2) is 9.98 Å². The Labute approximate surface area is 160 Å². The molecule has 1 aromatic rings. The Morgan fingerprint density at radius 3 is 2.57 bits per heavy atom. The zero-order valence-electron chi connectivity index (χ0n) is 14.8. The van der Waals surface area contributed by atoms with Gasteiger partial charge in [-0.05, 0) is 20.3 Å². The first kappa shape index (κ1) is 22.1. The van der Waals surface area contributed by atoms with Crippen molar-refractivity contribution in [3.63, 3.8) is 0 Å². The van der Waals surface area contributed by atoms with Crippen molar-refractivity contribution in [1.82, 2.24) is 20.1 Å². The van der Waals surface area contributed by atoms with Crippen LogP contribution >= 0.6 is 35.3 Å². The van der Waals surface area contributed by atoms with Crippen LogP contribution in [0.3, 0.4) is 0 Å². The lowest BCUT2D eigenvalue weighted by molar-refractivity contribution is -0.127. The summed E-state index contributed by atoms with van der Waals surface area (Å²) in [4.78, 5) is 24.2. The normalized spacial score (nSPS) is 12.3. The van der Waals surface area contributed by atoms with Crippen molar-refractivity contribution >= 4 is 47.2 Å². The predicted octanol–water partition coefficient (Wildman–Crippen LogP) is 2.33. The van der Waals surface area contributed by atoms with E-state index in [2.05, 4.69) is 34.5 Å². The third kappa shape index (κ3) is 7.96. The molecule has 1 heterocycles. The smallest absolute Gasteiger partial charge is 0.243 e. The summed E-state index contributed by atoms with van der Waals surface area (Å²) in [6.07, 6.45) is 0.990. The van der Waals surface area contributed by atoms with Gasteiger partial charge in [0, 0.05) is 32.6 Å². The third-order valence-electron chi connectivity index (χ3n) is 3.28. The van der Waals surface area contributed by atoms with Crippen LogP contribution in [0, 0.1) is 6.92 Å². The van der Waals surface area contributed by atoms with E-state index in [4.69, 9.17) is 0 Å². The van der Waals surface area contributed by atoms with Crippen LogP contribution in [-0.4, -0.2) is 60.4 Å². The highest BCUT2D eigenvalue weighted by Gasteiger charge is 2.12. The lowest BCUT2D eigenvalue weighted by Crippen LogP contribution is -2.43. The SMILES string of the molecule is CCC(C)NC(=NCC(=O)N(C)C)N(C)Cc1csc(C)n1.I. The van der Waals surface area contributed by atoms with Gasteiger partial charge in [0.1, 0.15) is 6.54 Å². The lowest BCUT2D eigenvalue weighted by Gasteiger charge is -2.24. The molecule has 1 N–H and O–H groups in total. The number of rotatable bonds is 6. The molecule has 6 nitrogen and oxygen atoms in total. The summed E-state index contributed by atoms with van der Waals surface area (Å²) in [5.74, 6) is 0.719. The first-order valence-corrected chi connectivity index (χ1v) is 8.34. The first-order chi connectivity index (χ1) is 10.3. The van der Waals surface area contributed by atoms with Gasteiger partial charge in [-0.15, -0.1) is 35.3 Å². The zero-order valence-corrected chi connectivity index (χ0v) is 17.9. The molecule has 0 radical (unpaired) electrons. The van der Waals surface area contributed by atoms with E-state index < -0.39 is 0 Å². The van der Waals surface area contributed by atoms with Gasteiger partial charge in [0.2, 0.25) is 5.91 Å². The number of guanidine groups is 1. The molecule has 1 amide bonds. The quantitative estimate of drug-likeness (QED) is 0.408. The zero-order chi connectivity index (χ0) is 16.7. The Bertz CT molecular complexity index is 518. The van der Waals surface area contributed by atoms with Gasteiger partial charge in [-0.2, -0.15) is 0 Å². The topological polar surface area (TPSA) is 60.8 Å². The molecule has 1 rings (SSSR count). The van der Waals surface area contributed by atoms with Gasteiger partial charge in [0.25, 0.3) is 0 Å². The molecule has 0 saturated heterocycles. The van der Waals surface area contributed by atoms with Gasteiger partial charge in [0.05, 0.1) is 17.2 Å². The van der Waals surface area contributed by atoms with E-state index in [9.17, 15) is 4.79 Å². The van der Waals surface area contributed by atoms with Crippen molar-refractivity contribution in [1.29, 1.82) is 0 Å². The second-order valence-electron chi connectivity index (χ2n) is 5.60. The highest BCUT2D eigenvalue weighted by Crippen LogP contribution is 2.10. The lowest BCUT2D eigenvalue weighted by atomic mass is 10.3. The number of likely N-dealkylation sites (N-methyl/N-ethyl adjacent to an activating group) is 1. The van der Waals surface area contributed by atoms with E-state index in [1.54, 1.807) is 30.3 Å². The van der Waals surface area contributed by atoms with Crippen molar-refractivity contribution in [2.75, 3.05) is 27.7 Å². The fourth-order valence-electron chi connectivity index (χ4n) is 1.68. The molecule has 0 aliphatic heterocycles. The maximum Gasteiger partial charge on any atom is 0.243 e. The number of thiazole rings is 1. The number of hydrogen-bond donors (Lipinski definition) is 1. The molecule has 0 fully saturated rings. The Hall–Kier alpha value is -0.900. The Morgan fingerprint density at radius 1 is 1.43 bits per heavy atom. The summed E-state index contributed by atoms with van der Waals surface area (Å²) >= 11 is 1.64. The largest absolute Gasteiger partial charge is 0.354 e. The molecular weight excluding hydrogens is 425 g/mol. The number of nitrogens with zero attached hydrogens (tertiary/aromatic N) is 4. The Kier molecular flexibility index (Phi) is 10.4. The highest BCUT2D eigenvalue weighted by molar-refractivity contribution is 14.0. The number of halogens is 1. The third-order valence-corrected chi connectivity index (χ3v) is 4.10. The summed E-state index contributed by atoms with van der Waals surface area (Å²) in [5.41, 5.74) is 1.02.